The van der Waals surface area contributed by atoms with Gasteiger partial charge in [0, 0.05) is 18.4 Å². The van der Waals surface area contributed by atoms with Crippen LogP contribution in [0.2, 0.25) is 0 Å². The third kappa shape index (κ3) is 2.57. The Balaban J connectivity index is 2.11. The van der Waals surface area contributed by atoms with E-state index in [0.717, 1.165) is 18.4 Å². The van der Waals surface area contributed by atoms with Crippen LogP contribution in [0.25, 0.3) is 0 Å². The molecule has 0 spiro atoms. The SMILES string of the molecule is CCNC(c1cccnc1)C(C)C1CC1. The van der Waals surface area contributed by atoms with Crippen LogP contribution in [0.15, 0.2) is 24.5 Å². The van der Waals surface area contributed by atoms with Gasteiger partial charge in [0.1, 0.15) is 0 Å². The molecule has 1 heterocycles. The van der Waals surface area contributed by atoms with Crippen molar-refractivity contribution in [2.45, 2.75) is 32.7 Å². The third-order valence-corrected chi connectivity index (χ3v) is 3.36. The Morgan fingerprint density at radius 3 is 2.87 bits per heavy atom. The van der Waals surface area contributed by atoms with Crippen LogP contribution in [0.3, 0.4) is 0 Å². The maximum absolute atomic E-state index is 4.21. The molecule has 1 aromatic rings. The summed E-state index contributed by atoms with van der Waals surface area (Å²) in [5.41, 5.74) is 1.33. The average molecular weight is 204 g/mol. The first kappa shape index (κ1) is 10.6. The summed E-state index contributed by atoms with van der Waals surface area (Å²) in [5.74, 6) is 1.66. The van der Waals surface area contributed by atoms with Gasteiger partial charge in [0.15, 0.2) is 0 Å². The number of rotatable bonds is 5. The zero-order chi connectivity index (χ0) is 10.7. The molecule has 0 amide bonds. The van der Waals surface area contributed by atoms with Gasteiger partial charge in [-0.05, 0) is 42.9 Å². The van der Waals surface area contributed by atoms with Gasteiger partial charge in [-0.3, -0.25) is 4.98 Å². The Labute approximate surface area is 92.1 Å². The number of nitrogens with zero attached hydrogens (tertiary/aromatic N) is 1. The molecule has 2 atom stereocenters. The van der Waals surface area contributed by atoms with Gasteiger partial charge in [0.2, 0.25) is 0 Å². The standard InChI is InChI=1S/C13H20N2/c1-3-15-13(10(2)11-6-7-11)12-5-4-8-14-9-12/h4-5,8-11,13,15H,3,6-7H2,1-2H3. The van der Waals surface area contributed by atoms with E-state index >= 15 is 0 Å². The molecule has 0 aliphatic heterocycles. The van der Waals surface area contributed by atoms with E-state index in [0.29, 0.717) is 6.04 Å². The molecule has 1 fully saturated rings. The zero-order valence-electron chi connectivity index (χ0n) is 9.61. The minimum atomic E-state index is 0.483. The molecule has 2 nitrogen and oxygen atoms in total. The van der Waals surface area contributed by atoms with Crippen molar-refractivity contribution in [3.05, 3.63) is 30.1 Å². The van der Waals surface area contributed by atoms with Crippen LogP contribution in [-0.4, -0.2) is 11.5 Å². The van der Waals surface area contributed by atoms with Crippen LogP contribution in [0, 0.1) is 11.8 Å². The number of pyridine rings is 1. The van der Waals surface area contributed by atoms with Gasteiger partial charge < -0.3 is 5.32 Å². The maximum Gasteiger partial charge on any atom is 0.0363 e. The van der Waals surface area contributed by atoms with E-state index in [1.54, 1.807) is 0 Å². The summed E-state index contributed by atoms with van der Waals surface area (Å²) in [6.07, 6.45) is 6.65. The molecular formula is C13H20N2. The molecule has 1 aliphatic carbocycles. The smallest absolute Gasteiger partial charge is 0.0363 e. The van der Waals surface area contributed by atoms with Crippen LogP contribution in [-0.2, 0) is 0 Å². The predicted molar refractivity (Wildman–Crippen MR) is 62.5 cm³/mol. The van der Waals surface area contributed by atoms with Gasteiger partial charge in [-0.25, -0.2) is 0 Å². The van der Waals surface area contributed by atoms with Crippen LogP contribution < -0.4 is 5.32 Å². The molecule has 1 N–H and O–H groups in total. The quantitative estimate of drug-likeness (QED) is 0.797. The highest BCUT2D eigenvalue weighted by Gasteiger charge is 2.33. The van der Waals surface area contributed by atoms with E-state index in [9.17, 15) is 0 Å². The predicted octanol–water partition coefficient (Wildman–Crippen LogP) is 2.78. The molecule has 15 heavy (non-hydrogen) atoms. The lowest BCUT2D eigenvalue weighted by Gasteiger charge is -2.24. The molecule has 1 aromatic heterocycles. The molecule has 1 saturated carbocycles. The molecular weight excluding hydrogens is 184 g/mol. The van der Waals surface area contributed by atoms with Gasteiger partial charge in [0.05, 0.1) is 0 Å². The van der Waals surface area contributed by atoms with Crippen molar-refractivity contribution in [2.75, 3.05) is 6.54 Å². The number of hydrogen-bond acceptors (Lipinski definition) is 2. The van der Waals surface area contributed by atoms with Crippen LogP contribution >= 0.6 is 0 Å². The third-order valence-electron chi connectivity index (χ3n) is 3.36. The van der Waals surface area contributed by atoms with Crippen molar-refractivity contribution < 1.29 is 0 Å². The Hall–Kier alpha value is -0.890. The molecule has 0 bridgehead atoms. The largest absolute Gasteiger partial charge is 0.310 e. The lowest BCUT2D eigenvalue weighted by Crippen LogP contribution is -2.27. The molecule has 0 aromatic carbocycles. The Kier molecular flexibility index (Phi) is 3.37. The molecule has 0 saturated heterocycles. The van der Waals surface area contributed by atoms with Crippen LogP contribution in [0.1, 0.15) is 38.3 Å². The summed E-state index contributed by atoms with van der Waals surface area (Å²) in [4.78, 5) is 4.21. The molecule has 0 radical (unpaired) electrons. The van der Waals surface area contributed by atoms with Crippen molar-refractivity contribution in [3.8, 4) is 0 Å². The van der Waals surface area contributed by atoms with Gasteiger partial charge >= 0.3 is 0 Å². The minimum absolute atomic E-state index is 0.483. The average Bonchev–Trinajstić information content (AvgIpc) is 3.10. The maximum atomic E-state index is 4.21. The highest BCUT2D eigenvalue weighted by molar-refractivity contribution is 5.15. The number of hydrogen-bond donors (Lipinski definition) is 1. The lowest BCUT2D eigenvalue weighted by atomic mass is 9.91. The van der Waals surface area contributed by atoms with E-state index in [2.05, 4.69) is 30.2 Å². The van der Waals surface area contributed by atoms with E-state index in [4.69, 9.17) is 0 Å². The summed E-state index contributed by atoms with van der Waals surface area (Å²) < 4.78 is 0. The molecule has 2 heteroatoms. The second-order valence-electron chi connectivity index (χ2n) is 4.52. The van der Waals surface area contributed by atoms with Crippen molar-refractivity contribution in [3.63, 3.8) is 0 Å². The van der Waals surface area contributed by atoms with Gasteiger partial charge in [-0.2, -0.15) is 0 Å². The number of nitrogens with one attached hydrogen (secondary N) is 1. The van der Waals surface area contributed by atoms with Crippen molar-refractivity contribution in [1.29, 1.82) is 0 Å². The second-order valence-corrected chi connectivity index (χ2v) is 4.52. The summed E-state index contributed by atoms with van der Waals surface area (Å²) >= 11 is 0. The first-order chi connectivity index (χ1) is 7.33. The van der Waals surface area contributed by atoms with Crippen molar-refractivity contribution in [2.24, 2.45) is 11.8 Å². The van der Waals surface area contributed by atoms with Gasteiger partial charge in [0.25, 0.3) is 0 Å². The Morgan fingerprint density at radius 1 is 1.53 bits per heavy atom. The molecule has 2 unspecified atom stereocenters. The summed E-state index contributed by atoms with van der Waals surface area (Å²) in [6.45, 7) is 5.55. The molecule has 1 aliphatic rings. The zero-order valence-corrected chi connectivity index (χ0v) is 9.61. The second kappa shape index (κ2) is 4.75. The first-order valence-electron chi connectivity index (χ1n) is 5.96. The van der Waals surface area contributed by atoms with Crippen LogP contribution in [0.5, 0.6) is 0 Å². The van der Waals surface area contributed by atoms with Crippen molar-refractivity contribution in [1.82, 2.24) is 10.3 Å². The van der Waals surface area contributed by atoms with Crippen molar-refractivity contribution >= 4 is 0 Å². The minimum Gasteiger partial charge on any atom is -0.310 e. The molecule has 82 valence electrons. The van der Waals surface area contributed by atoms with Gasteiger partial charge in [-0.1, -0.05) is 19.9 Å². The molecule has 2 rings (SSSR count). The van der Waals surface area contributed by atoms with Gasteiger partial charge in [-0.15, -0.1) is 0 Å². The Bertz CT molecular complexity index is 293. The fourth-order valence-electron chi connectivity index (χ4n) is 2.28. The highest BCUT2D eigenvalue weighted by atomic mass is 14.9. The Morgan fingerprint density at radius 2 is 2.33 bits per heavy atom. The summed E-state index contributed by atoms with van der Waals surface area (Å²) in [7, 11) is 0. The normalized spacial score (nSPS) is 19.9. The topological polar surface area (TPSA) is 24.9 Å². The van der Waals surface area contributed by atoms with E-state index in [1.165, 1.54) is 18.4 Å². The summed E-state index contributed by atoms with van der Waals surface area (Å²) in [5, 5.41) is 3.58. The van der Waals surface area contributed by atoms with E-state index < -0.39 is 0 Å². The fraction of sp³-hybridized carbons (Fsp3) is 0.615. The lowest BCUT2D eigenvalue weighted by molar-refractivity contribution is 0.354. The van der Waals surface area contributed by atoms with Crippen LogP contribution in [0.4, 0.5) is 0 Å². The van der Waals surface area contributed by atoms with E-state index in [1.807, 2.05) is 18.5 Å². The van der Waals surface area contributed by atoms with E-state index in [-0.39, 0.29) is 0 Å². The summed E-state index contributed by atoms with van der Waals surface area (Å²) in [6, 6.07) is 4.69. The first-order valence-corrected chi connectivity index (χ1v) is 5.96. The number of aromatic nitrogens is 1. The fourth-order valence-corrected chi connectivity index (χ4v) is 2.28. The highest BCUT2D eigenvalue weighted by Crippen LogP contribution is 2.42. The monoisotopic (exact) mass is 204 g/mol.